The Labute approximate surface area is 157 Å². The van der Waals surface area contributed by atoms with Gasteiger partial charge in [0.1, 0.15) is 5.75 Å². The molecule has 3 rings (SSSR count). The molecule has 0 atom stereocenters. The maximum atomic E-state index is 12.5. The first kappa shape index (κ1) is 18.9. The number of fused-ring (bicyclic) bond motifs is 1. The molecule has 1 heterocycles. The maximum Gasteiger partial charge on any atom is 0.262 e. The average Bonchev–Trinajstić information content (AvgIpc) is 2.62. The molecule has 0 spiro atoms. The summed E-state index contributed by atoms with van der Waals surface area (Å²) < 4.78 is 30.3. The maximum absolute atomic E-state index is 12.5. The molecule has 8 heteroatoms. The molecule has 142 valence electrons. The molecule has 0 saturated carbocycles. The van der Waals surface area contributed by atoms with Crippen molar-refractivity contribution in [1.82, 2.24) is 0 Å². The van der Waals surface area contributed by atoms with Gasteiger partial charge in [0.25, 0.3) is 5.91 Å². The monoisotopic (exact) mass is 388 g/mol. The second kappa shape index (κ2) is 7.40. The zero-order chi connectivity index (χ0) is 19.6. The van der Waals surface area contributed by atoms with E-state index in [1.54, 1.807) is 6.07 Å². The minimum atomic E-state index is -3.68. The highest BCUT2D eigenvalue weighted by molar-refractivity contribution is 7.91. The molecule has 2 amide bonds. The third-order valence-electron chi connectivity index (χ3n) is 4.33. The van der Waals surface area contributed by atoms with Gasteiger partial charge in [-0.05, 0) is 55.3 Å². The van der Waals surface area contributed by atoms with E-state index >= 15 is 0 Å². The van der Waals surface area contributed by atoms with Crippen LogP contribution in [0.15, 0.2) is 41.3 Å². The zero-order valence-corrected chi connectivity index (χ0v) is 15.9. The molecule has 0 aromatic heterocycles. The summed E-state index contributed by atoms with van der Waals surface area (Å²) in [7, 11) is -3.68. The van der Waals surface area contributed by atoms with Crippen LogP contribution < -0.4 is 15.4 Å². The van der Waals surface area contributed by atoms with E-state index in [1.165, 1.54) is 18.2 Å². The van der Waals surface area contributed by atoms with Crippen LogP contribution in [0.2, 0.25) is 0 Å². The van der Waals surface area contributed by atoms with E-state index < -0.39 is 9.84 Å². The van der Waals surface area contributed by atoms with Crippen LogP contribution in [-0.4, -0.2) is 32.6 Å². The van der Waals surface area contributed by atoms with Gasteiger partial charge in [0.05, 0.1) is 16.3 Å². The van der Waals surface area contributed by atoms with Gasteiger partial charge in [-0.25, -0.2) is 8.42 Å². The third kappa shape index (κ3) is 4.46. The molecule has 2 N–H and O–H groups in total. The lowest BCUT2D eigenvalue weighted by molar-refractivity contribution is -0.118. The second-order valence-electron chi connectivity index (χ2n) is 6.41. The molecule has 7 nitrogen and oxygen atoms in total. The summed E-state index contributed by atoms with van der Waals surface area (Å²) in [5.41, 5.74) is 3.10. The molecule has 1 aliphatic heterocycles. The highest BCUT2D eigenvalue weighted by Gasteiger charge is 2.21. The number of sulfone groups is 1. The molecule has 27 heavy (non-hydrogen) atoms. The van der Waals surface area contributed by atoms with E-state index in [-0.39, 0.29) is 35.5 Å². The first-order valence-electron chi connectivity index (χ1n) is 8.41. The molecule has 0 fully saturated rings. The van der Waals surface area contributed by atoms with Crippen molar-refractivity contribution in [2.24, 2.45) is 0 Å². The highest BCUT2D eigenvalue weighted by Crippen LogP contribution is 2.30. The van der Waals surface area contributed by atoms with E-state index in [0.717, 1.165) is 11.1 Å². The number of benzene rings is 2. The molecule has 2 aromatic carbocycles. The molecule has 0 saturated heterocycles. The van der Waals surface area contributed by atoms with Gasteiger partial charge < -0.3 is 15.4 Å². The third-order valence-corrected chi connectivity index (χ3v) is 6.05. The van der Waals surface area contributed by atoms with E-state index in [4.69, 9.17) is 4.74 Å². The van der Waals surface area contributed by atoms with Gasteiger partial charge in [0.15, 0.2) is 16.4 Å². The molecule has 0 aliphatic carbocycles. The van der Waals surface area contributed by atoms with E-state index in [2.05, 4.69) is 10.6 Å². The van der Waals surface area contributed by atoms with Crippen molar-refractivity contribution in [3.63, 3.8) is 0 Å². The van der Waals surface area contributed by atoms with Crippen molar-refractivity contribution in [2.75, 3.05) is 23.0 Å². The second-order valence-corrected chi connectivity index (χ2v) is 8.52. The van der Waals surface area contributed by atoms with E-state index in [9.17, 15) is 18.0 Å². The number of nitrogens with one attached hydrogen (secondary N) is 2. The van der Waals surface area contributed by atoms with Crippen LogP contribution in [0.3, 0.4) is 0 Å². The summed E-state index contributed by atoms with van der Waals surface area (Å²) in [5.74, 6) is -0.639. The van der Waals surface area contributed by atoms with Crippen LogP contribution in [0.5, 0.6) is 5.75 Å². The van der Waals surface area contributed by atoms with Crippen LogP contribution in [0, 0.1) is 13.8 Å². The standard InChI is InChI=1S/C19H20N2O5S/c1-12-3-4-14(9-13(12)2)20-18(22)7-8-27(24,25)15-5-6-17-16(10-15)21-19(23)11-26-17/h3-6,9-10H,7-8,11H2,1-2H3,(H,20,22)(H,21,23). The quantitative estimate of drug-likeness (QED) is 0.819. The Hall–Kier alpha value is -2.87. The predicted octanol–water partition coefficient (Wildman–Crippen LogP) is 2.44. The number of amides is 2. The Bertz CT molecular complexity index is 1010. The smallest absolute Gasteiger partial charge is 0.262 e. The topological polar surface area (TPSA) is 102 Å². The number of carbonyl (C=O) groups excluding carboxylic acids is 2. The van der Waals surface area contributed by atoms with E-state index in [1.807, 2.05) is 26.0 Å². The Kier molecular flexibility index (Phi) is 5.18. The number of ether oxygens (including phenoxy) is 1. The van der Waals surface area contributed by atoms with Crippen LogP contribution >= 0.6 is 0 Å². The number of hydrogen-bond donors (Lipinski definition) is 2. The van der Waals surface area contributed by atoms with Gasteiger partial charge in [-0.2, -0.15) is 0 Å². The van der Waals surface area contributed by atoms with E-state index in [0.29, 0.717) is 17.1 Å². The average molecular weight is 388 g/mol. The number of carbonyl (C=O) groups is 2. The van der Waals surface area contributed by atoms with Crippen LogP contribution in [-0.2, 0) is 19.4 Å². The van der Waals surface area contributed by atoms with Crippen molar-refractivity contribution in [2.45, 2.75) is 25.2 Å². The molecule has 2 aromatic rings. The number of rotatable bonds is 5. The lowest BCUT2D eigenvalue weighted by atomic mass is 10.1. The molecular formula is C19H20N2O5S. The summed E-state index contributed by atoms with van der Waals surface area (Å²) >= 11 is 0. The lowest BCUT2D eigenvalue weighted by Crippen LogP contribution is -2.25. The minimum absolute atomic E-state index is 0.0334. The Morgan fingerprint density at radius 3 is 2.67 bits per heavy atom. The van der Waals surface area contributed by atoms with Gasteiger partial charge in [-0.1, -0.05) is 6.07 Å². The fourth-order valence-corrected chi connectivity index (χ4v) is 3.91. The molecule has 1 aliphatic rings. The summed E-state index contributed by atoms with van der Waals surface area (Å²) in [6.07, 6.45) is -0.171. The summed E-state index contributed by atoms with van der Waals surface area (Å²) in [4.78, 5) is 23.5. The highest BCUT2D eigenvalue weighted by atomic mass is 32.2. The van der Waals surface area contributed by atoms with Gasteiger partial charge in [0.2, 0.25) is 5.91 Å². The largest absolute Gasteiger partial charge is 0.482 e. The fourth-order valence-electron chi connectivity index (χ4n) is 2.64. The first-order chi connectivity index (χ1) is 12.7. The van der Waals surface area contributed by atoms with Gasteiger partial charge in [-0.3, -0.25) is 9.59 Å². The number of aryl methyl sites for hydroxylation is 2. The minimum Gasteiger partial charge on any atom is -0.482 e. The van der Waals surface area contributed by atoms with Crippen molar-refractivity contribution < 1.29 is 22.7 Å². The fraction of sp³-hybridized carbons (Fsp3) is 0.263. The van der Waals surface area contributed by atoms with Gasteiger partial charge in [-0.15, -0.1) is 0 Å². The van der Waals surface area contributed by atoms with Crippen molar-refractivity contribution in [3.05, 3.63) is 47.5 Å². The number of anilines is 2. The summed E-state index contributed by atoms with van der Waals surface area (Å²) in [5, 5.41) is 5.28. The molecule has 0 bridgehead atoms. The predicted molar refractivity (Wildman–Crippen MR) is 102 cm³/mol. The zero-order valence-electron chi connectivity index (χ0n) is 15.0. The van der Waals surface area contributed by atoms with Crippen LogP contribution in [0.4, 0.5) is 11.4 Å². The molecule has 0 radical (unpaired) electrons. The SMILES string of the molecule is Cc1ccc(NC(=O)CCS(=O)(=O)c2ccc3c(c2)NC(=O)CO3)cc1C. The normalized spacial score (nSPS) is 13.3. The Morgan fingerprint density at radius 1 is 1.15 bits per heavy atom. The molecule has 0 unspecified atom stereocenters. The van der Waals surface area contributed by atoms with Crippen molar-refractivity contribution in [1.29, 1.82) is 0 Å². The van der Waals surface area contributed by atoms with Crippen molar-refractivity contribution >= 4 is 33.0 Å². The van der Waals surface area contributed by atoms with Crippen LogP contribution in [0.25, 0.3) is 0 Å². The number of hydrogen-bond acceptors (Lipinski definition) is 5. The Balaban J connectivity index is 1.66. The molecular weight excluding hydrogens is 368 g/mol. The van der Waals surface area contributed by atoms with Gasteiger partial charge in [0, 0.05) is 12.1 Å². The Morgan fingerprint density at radius 2 is 1.93 bits per heavy atom. The van der Waals surface area contributed by atoms with Crippen molar-refractivity contribution in [3.8, 4) is 5.75 Å². The summed E-state index contributed by atoms with van der Waals surface area (Å²) in [6.45, 7) is 3.81. The lowest BCUT2D eigenvalue weighted by Gasteiger charge is -2.18. The van der Waals surface area contributed by atoms with Gasteiger partial charge >= 0.3 is 0 Å². The van der Waals surface area contributed by atoms with Crippen LogP contribution in [0.1, 0.15) is 17.5 Å². The summed E-state index contributed by atoms with van der Waals surface area (Å²) in [6, 6.07) is 9.77. The first-order valence-corrected chi connectivity index (χ1v) is 10.1.